The smallest absolute Gasteiger partial charge is 0.295 e. The molecule has 0 saturated heterocycles. The largest absolute Gasteiger partial charge is 0.423 e. The average molecular weight is 288 g/mol. The van der Waals surface area contributed by atoms with Crippen LogP contribution in [0.3, 0.4) is 0 Å². The zero-order chi connectivity index (χ0) is 14.8. The SMILES string of the molecule is Cn1cnc(CCNc2nc3ccc([N+](=O)[O-])cc3o2)n1. The van der Waals surface area contributed by atoms with E-state index in [2.05, 4.69) is 20.4 Å². The summed E-state index contributed by atoms with van der Waals surface area (Å²) in [5.41, 5.74) is 0.921. The van der Waals surface area contributed by atoms with Gasteiger partial charge < -0.3 is 9.73 Å². The van der Waals surface area contributed by atoms with Crippen LogP contribution in [0.25, 0.3) is 11.1 Å². The Balaban J connectivity index is 1.68. The average Bonchev–Trinajstić information content (AvgIpc) is 3.03. The van der Waals surface area contributed by atoms with Crippen LogP contribution in [-0.2, 0) is 13.5 Å². The van der Waals surface area contributed by atoms with Crippen molar-refractivity contribution < 1.29 is 9.34 Å². The Morgan fingerprint density at radius 2 is 2.33 bits per heavy atom. The number of nitrogens with one attached hydrogen (secondary N) is 1. The zero-order valence-electron chi connectivity index (χ0n) is 11.2. The molecule has 1 N–H and O–H groups in total. The Morgan fingerprint density at radius 3 is 3.05 bits per heavy atom. The normalized spacial score (nSPS) is 10.9. The molecule has 3 rings (SSSR count). The molecule has 0 saturated carbocycles. The molecular weight excluding hydrogens is 276 g/mol. The number of hydrogen-bond acceptors (Lipinski definition) is 7. The van der Waals surface area contributed by atoms with E-state index in [9.17, 15) is 10.1 Å². The van der Waals surface area contributed by atoms with E-state index in [-0.39, 0.29) is 5.69 Å². The van der Waals surface area contributed by atoms with Gasteiger partial charge in [-0.05, 0) is 6.07 Å². The molecule has 0 radical (unpaired) electrons. The predicted molar refractivity (Wildman–Crippen MR) is 73.9 cm³/mol. The molecule has 0 fully saturated rings. The maximum atomic E-state index is 10.7. The number of aromatic nitrogens is 4. The quantitative estimate of drug-likeness (QED) is 0.559. The van der Waals surface area contributed by atoms with Crippen molar-refractivity contribution in [2.45, 2.75) is 6.42 Å². The van der Waals surface area contributed by atoms with Crippen LogP contribution in [-0.4, -0.2) is 31.2 Å². The molecule has 0 aliphatic rings. The van der Waals surface area contributed by atoms with E-state index in [4.69, 9.17) is 4.42 Å². The number of anilines is 1. The zero-order valence-corrected chi connectivity index (χ0v) is 11.2. The van der Waals surface area contributed by atoms with Gasteiger partial charge >= 0.3 is 0 Å². The van der Waals surface area contributed by atoms with Crippen molar-refractivity contribution >= 4 is 22.8 Å². The first-order chi connectivity index (χ1) is 10.1. The molecule has 2 aromatic heterocycles. The van der Waals surface area contributed by atoms with E-state index in [1.54, 1.807) is 24.1 Å². The highest BCUT2D eigenvalue weighted by molar-refractivity contribution is 5.77. The van der Waals surface area contributed by atoms with Crippen molar-refractivity contribution in [3.63, 3.8) is 0 Å². The second-order valence-corrected chi connectivity index (χ2v) is 4.44. The molecule has 3 aromatic rings. The van der Waals surface area contributed by atoms with E-state index in [0.29, 0.717) is 30.1 Å². The summed E-state index contributed by atoms with van der Waals surface area (Å²) >= 11 is 0. The van der Waals surface area contributed by atoms with Crippen molar-refractivity contribution in [2.24, 2.45) is 7.05 Å². The molecule has 0 aliphatic carbocycles. The lowest BCUT2D eigenvalue weighted by molar-refractivity contribution is -0.384. The number of fused-ring (bicyclic) bond motifs is 1. The maximum absolute atomic E-state index is 10.7. The van der Waals surface area contributed by atoms with Gasteiger partial charge in [-0.2, -0.15) is 10.1 Å². The van der Waals surface area contributed by atoms with Crippen LogP contribution in [0.4, 0.5) is 11.7 Å². The lowest BCUT2D eigenvalue weighted by Gasteiger charge is -1.97. The van der Waals surface area contributed by atoms with Crippen LogP contribution in [0.1, 0.15) is 5.82 Å². The third-order valence-corrected chi connectivity index (χ3v) is 2.85. The van der Waals surface area contributed by atoms with Crippen molar-refractivity contribution in [2.75, 3.05) is 11.9 Å². The fourth-order valence-corrected chi connectivity index (χ4v) is 1.88. The van der Waals surface area contributed by atoms with Crippen LogP contribution >= 0.6 is 0 Å². The molecule has 9 nitrogen and oxygen atoms in total. The van der Waals surface area contributed by atoms with Gasteiger partial charge in [-0.15, -0.1) is 0 Å². The summed E-state index contributed by atoms with van der Waals surface area (Å²) < 4.78 is 7.06. The molecule has 2 heterocycles. The third-order valence-electron chi connectivity index (χ3n) is 2.85. The summed E-state index contributed by atoms with van der Waals surface area (Å²) in [6.07, 6.45) is 2.26. The first-order valence-corrected chi connectivity index (χ1v) is 6.25. The van der Waals surface area contributed by atoms with Gasteiger partial charge in [-0.1, -0.05) is 0 Å². The molecule has 0 aliphatic heterocycles. The van der Waals surface area contributed by atoms with Gasteiger partial charge in [-0.3, -0.25) is 14.8 Å². The number of rotatable bonds is 5. The van der Waals surface area contributed by atoms with Crippen LogP contribution in [0.2, 0.25) is 0 Å². The fraction of sp³-hybridized carbons (Fsp3) is 0.250. The van der Waals surface area contributed by atoms with E-state index in [1.165, 1.54) is 12.1 Å². The van der Waals surface area contributed by atoms with Crippen molar-refractivity contribution in [3.8, 4) is 0 Å². The highest BCUT2D eigenvalue weighted by atomic mass is 16.6. The number of hydrogen-bond donors (Lipinski definition) is 1. The Morgan fingerprint density at radius 1 is 1.48 bits per heavy atom. The number of nitrogens with zero attached hydrogens (tertiary/aromatic N) is 5. The van der Waals surface area contributed by atoms with Crippen molar-refractivity contribution in [3.05, 3.63) is 40.5 Å². The Bertz CT molecular complexity index is 793. The van der Waals surface area contributed by atoms with Gasteiger partial charge in [-0.25, -0.2) is 4.98 Å². The highest BCUT2D eigenvalue weighted by Crippen LogP contribution is 2.23. The summed E-state index contributed by atoms with van der Waals surface area (Å²) in [5, 5.41) is 17.9. The van der Waals surface area contributed by atoms with Crippen molar-refractivity contribution in [1.82, 2.24) is 19.7 Å². The molecule has 108 valence electrons. The topological polar surface area (TPSA) is 112 Å². The predicted octanol–water partition coefficient (Wildman–Crippen LogP) is 1.52. The molecular formula is C12H12N6O3. The van der Waals surface area contributed by atoms with Gasteiger partial charge in [0.25, 0.3) is 11.7 Å². The molecule has 0 unspecified atom stereocenters. The van der Waals surface area contributed by atoms with Gasteiger partial charge in [0.2, 0.25) is 0 Å². The Kier molecular flexibility index (Phi) is 3.22. The third kappa shape index (κ3) is 2.81. The summed E-state index contributed by atoms with van der Waals surface area (Å²) in [4.78, 5) is 18.5. The summed E-state index contributed by atoms with van der Waals surface area (Å²) in [5.74, 6) is 0.719. The number of oxazole rings is 1. The number of aryl methyl sites for hydroxylation is 1. The minimum absolute atomic E-state index is 0.0251. The van der Waals surface area contributed by atoms with Gasteiger partial charge in [0.15, 0.2) is 11.4 Å². The van der Waals surface area contributed by atoms with Gasteiger partial charge in [0, 0.05) is 26.1 Å². The second kappa shape index (κ2) is 5.19. The second-order valence-electron chi connectivity index (χ2n) is 4.44. The van der Waals surface area contributed by atoms with Crippen LogP contribution in [0.15, 0.2) is 28.9 Å². The Hall–Kier alpha value is -2.97. The van der Waals surface area contributed by atoms with Crippen molar-refractivity contribution in [1.29, 1.82) is 0 Å². The lowest BCUT2D eigenvalue weighted by atomic mass is 10.3. The number of non-ortho nitro benzene ring substituents is 1. The Labute approximate surface area is 118 Å². The van der Waals surface area contributed by atoms with Gasteiger partial charge in [0.05, 0.1) is 11.0 Å². The molecule has 0 amide bonds. The number of benzene rings is 1. The molecule has 1 aromatic carbocycles. The first kappa shape index (κ1) is 13.0. The summed E-state index contributed by atoms with van der Waals surface area (Å²) in [6.45, 7) is 0.554. The monoisotopic (exact) mass is 288 g/mol. The summed E-state index contributed by atoms with van der Waals surface area (Å²) in [6, 6.07) is 4.63. The summed E-state index contributed by atoms with van der Waals surface area (Å²) in [7, 11) is 1.80. The van der Waals surface area contributed by atoms with E-state index in [0.717, 1.165) is 5.82 Å². The number of nitro groups is 1. The molecule has 9 heteroatoms. The van der Waals surface area contributed by atoms with Gasteiger partial charge in [0.1, 0.15) is 11.8 Å². The fourth-order valence-electron chi connectivity index (χ4n) is 1.88. The van der Waals surface area contributed by atoms with Crippen LogP contribution in [0.5, 0.6) is 0 Å². The first-order valence-electron chi connectivity index (χ1n) is 6.25. The lowest BCUT2D eigenvalue weighted by Crippen LogP contribution is -2.06. The van der Waals surface area contributed by atoms with E-state index in [1.807, 2.05) is 0 Å². The van der Waals surface area contributed by atoms with E-state index >= 15 is 0 Å². The maximum Gasteiger partial charge on any atom is 0.295 e. The van der Waals surface area contributed by atoms with E-state index < -0.39 is 4.92 Å². The molecule has 0 spiro atoms. The standard InChI is InChI=1S/C12H12N6O3/c1-17-7-14-11(16-17)4-5-13-12-15-9-3-2-8(18(19)20)6-10(9)21-12/h2-3,6-7H,4-5H2,1H3,(H,13,15). The molecule has 21 heavy (non-hydrogen) atoms. The highest BCUT2D eigenvalue weighted by Gasteiger charge is 2.11. The molecule has 0 atom stereocenters. The minimum atomic E-state index is -0.470. The van der Waals surface area contributed by atoms with Crippen LogP contribution in [0, 0.1) is 10.1 Å². The molecule has 0 bridgehead atoms. The number of nitro benzene ring substituents is 1. The minimum Gasteiger partial charge on any atom is -0.423 e. The van der Waals surface area contributed by atoms with Crippen LogP contribution < -0.4 is 5.32 Å².